The second-order valence-electron chi connectivity index (χ2n) is 4.55. The lowest BCUT2D eigenvalue weighted by atomic mass is 10.1. The van der Waals surface area contributed by atoms with Crippen molar-refractivity contribution in [3.8, 4) is 5.82 Å². The summed E-state index contributed by atoms with van der Waals surface area (Å²) < 4.78 is 3.11. The largest absolute Gasteiger partial charge is 0.477 e. The highest BCUT2D eigenvalue weighted by Gasteiger charge is 2.21. The maximum Gasteiger partial charge on any atom is 0.341 e. The van der Waals surface area contributed by atoms with Crippen LogP contribution in [0.15, 0.2) is 12.3 Å². The molecule has 2 rings (SSSR count). The number of hydrogen-bond acceptors (Lipinski definition) is 3. The third-order valence-electron chi connectivity index (χ3n) is 2.82. The molecule has 0 unspecified atom stereocenters. The van der Waals surface area contributed by atoms with Gasteiger partial charge in [0.1, 0.15) is 5.56 Å². The minimum Gasteiger partial charge on any atom is -0.477 e. The number of aromatic carboxylic acids is 1. The lowest BCUT2D eigenvalue weighted by Gasteiger charge is -2.04. The first-order valence-electron chi connectivity index (χ1n) is 5.74. The zero-order chi connectivity index (χ0) is 13.4. The highest BCUT2D eigenvalue weighted by molar-refractivity contribution is 5.92. The molecule has 6 nitrogen and oxygen atoms in total. The van der Waals surface area contributed by atoms with Gasteiger partial charge < -0.3 is 5.11 Å². The molecule has 0 radical (unpaired) electrons. The van der Waals surface area contributed by atoms with E-state index in [1.165, 1.54) is 4.68 Å². The lowest BCUT2D eigenvalue weighted by Crippen LogP contribution is -2.09. The molecule has 0 fully saturated rings. The fraction of sp³-hybridized carbons (Fsp3) is 0.417. The van der Waals surface area contributed by atoms with Crippen LogP contribution < -0.4 is 0 Å². The number of aryl methyl sites for hydroxylation is 2. The zero-order valence-electron chi connectivity index (χ0n) is 10.9. The van der Waals surface area contributed by atoms with E-state index in [9.17, 15) is 9.90 Å². The van der Waals surface area contributed by atoms with Crippen molar-refractivity contribution in [3.63, 3.8) is 0 Å². The standard InChI is InChI=1S/C12H16N4O2/c1-7(2)9-5-6-16(14-9)11-10(12(17)18)8(3)13-15(11)4/h5-7H,1-4H3,(H,17,18). The number of aromatic nitrogens is 4. The monoisotopic (exact) mass is 248 g/mol. The van der Waals surface area contributed by atoms with Crippen molar-refractivity contribution >= 4 is 5.97 Å². The molecule has 18 heavy (non-hydrogen) atoms. The van der Waals surface area contributed by atoms with Crippen LogP contribution in [0.25, 0.3) is 5.82 Å². The third-order valence-corrected chi connectivity index (χ3v) is 2.82. The normalized spacial score (nSPS) is 11.2. The second-order valence-corrected chi connectivity index (χ2v) is 4.55. The second kappa shape index (κ2) is 4.29. The molecule has 0 saturated carbocycles. The van der Waals surface area contributed by atoms with E-state index >= 15 is 0 Å². The molecule has 6 heteroatoms. The lowest BCUT2D eigenvalue weighted by molar-refractivity contribution is 0.0696. The Hall–Kier alpha value is -2.11. The minimum atomic E-state index is -0.989. The Balaban J connectivity index is 2.59. The van der Waals surface area contributed by atoms with Gasteiger partial charge in [-0.25, -0.2) is 14.2 Å². The Kier molecular flexibility index (Phi) is 2.94. The van der Waals surface area contributed by atoms with Gasteiger partial charge in [0, 0.05) is 13.2 Å². The number of carboxylic acid groups (broad SMARTS) is 1. The van der Waals surface area contributed by atoms with E-state index in [1.54, 1.807) is 24.9 Å². The van der Waals surface area contributed by atoms with Gasteiger partial charge in [0.15, 0.2) is 5.82 Å². The highest BCUT2D eigenvalue weighted by atomic mass is 16.4. The van der Waals surface area contributed by atoms with Crippen LogP contribution in [0.2, 0.25) is 0 Å². The van der Waals surface area contributed by atoms with Crippen molar-refractivity contribution < 1.29 is 9.90 Å². The zero-order valence-corrected chi connectivity index (χ0v) is 10.9. The predicted octanol–water partition coefficient (Wildman–Crippen LogP) is 1.74. The fourth-order valence-electron chi connectivity index (χ4n) is 1.92. The molecular weight excluding hydrogens is 232 g/mol. The summed E-state index contributed by atoms with van der Waals surface area (Å²) in [6.07, 6.45) is 1.76. The Bertz CT molecular complexity index is 595. The summed E-state index contributed by atoms with van der Waals surface area (Å²) in [4.78, 5) is 11.3. The van der Waals surface area contributed by atoms with Gasteiger partial charge in [0.25, 0.3) is 0 Å². The third kappa shape index (κ3) is 1.90. The molecule has 0 bridgehead atoms. The molecule has 0 saturated heterocycles. The van der Waals surface area contributed by atoms with Crippen LogP contribution >= 0.6 is 0 Å². The van der Waals surface area contributed by atoms with Gasteiger partial charge in [-0.15, -0.1) is 0 Å². The summed E-state index contributed by atoms with van der Waals surface area (Å²) in [6, 6.07) is 1.89. The molecule has 96 valence electrons. The molecule has 0 atom stereocenters. The fourth-order valence-corrected chi connectivity index (χ4v) is 1.92. The maximum atomic E-state index is 11.3. The molecule has 2 aromatic rings. The van der Waals surface area contributed by atoms with Crippen LogP contribution in [0.4, 0.5) is 0 Å². The summed E-state index contributed by atoms with van der Waals surface area (Å²) in [6.45, 7) is 5.76. The van der Waals surface area contributed by atoms with Crippen LogP contribution in [0.1, 0.15) is 41.5 Å². The van der Waals surface area contributed by atoms with Gasteiger partial charge >= 0.3 is 5.97 Å². The van der Waals surface area contributed by atoms with Crippen LogP contribution in [0.3, 0.4) is 0 Å². The van der Waals surface area contributed by atoms with E-state index in [4.69, 9.17) is 0 Å². The van der Waals surface area contributed by atoms with Crippen LogP contribution in [-0.2, 0) is 7.05 Å². The van der Waals surface area contributed by atoms with Gasteiger partial charge in [-0.3, -0.25) is 0 Å². The van der Waals surface area contributed by atoms with E-state index in [1.807, 2.05) is 19.9 Å². The smallest absolute Gasteiger partial charge is 0.341 e. The van der Waals surface area contributed by atoms with Crippen LogP contribution in [0, 0.1) is 6.92 Å². The van der Waals surface area contributed by atoms with Crippen molar-refractivity contribution in [2.75, 3.05) is 0 Å². The summed E-state index contributed by atoms with van der Waals surface area (Å²) in [7, 11) is 1.71. The summed E-state index contributed by atoms with van der Waals surface area (Å²) in [5, 5.41) is 17.8. The van der Waals surface area contributed by atoms with E-state index in [0.29, 0.717) is 17.4 Å². The van der Waals surface area contributed by atoms with Gasteiger partial charge in [0.2, 0.25) is 0 Å². The molecule has 0 aliphatic heterocycles. The first-order chi connectivity index (χ1) is 8.41. The van der Waals surface area contributed by atoms with E-state index in [-0.39, 0.29) is 5.56 Å². The Morgan fingerprint density at radius 2 is 2.06 bits per heavy atom. The Labute approximate surface area is 105 Å². The van der Waals surface area contributed by atoms with Gasteiger partial charge in [-0.1, -0.05) is 13.8 Å². The summed E-state index contributed by atoms with van der Waals surface area (Å²) in [5.74, 6) is -0.210. The van der Waals surface area contributed by atoms with E-state index < -0.39 is 5.97 Å². The minimum absolute atomic E-state index is 0.191. The van der Waals surface area contributed by atoms with Gasteiger partial charge in [0.05, 0.1) is 11.4 Å². The van der Waals surface area contributed by atoms with Crippen LogP contribution in [0.5, 0.6) is 0 Å². The van der Waals surface area contributed by atoms with Crippen molar-refractivity contribution in [1.29, 1.82) is 0 Å². The topological polar surface area (TPSA) is 72.9 Å². The number of hydrogen-bond donors (Lipinski definition) is 1. The Morgan fingerprint density at radius 3 is 2.56 bits per heavy atom. The van der Waals surface area contributed by atoms with Crippen molar-refractivity contribution in [2.45, 2.75) is 26.7 Å². The molecule has 0 spiro atoms. The van der Waals surface area contributed by atoms with Gasteiger partial charge in [-0.2, -0.15) is 10.2 Å². The SMILES string of the molecule is Cc1nn(C)c(-n2ccc(C(C)C)n2)c1C(=O)O. The average molecular weight is 248 g/mol. The number of carboxylic acids is 1. The molecule has 0 amide bonds. The molecule has 2 heterocycles. The van der Waals surface area contributed by atoms with Gasteiger partial charge in [-0.05, 0) is 18.9 Å². The Morgan fingerprint density at radius 1 is 1.39 bits per heavy atom. The summed E-state index contributed by atoms with van der Waals surface area (Å²) in [5.41, 5.74) is 1.60. The number of rotatable bonds is 3. The number of carbonyl (C=O) groups is 1. The molecule has 0 aromatic carbocycles. The van der Waals surface area contributed by atoms with Crippen molar-refractivity contribution in [1.82, 2.24) is 19.6 Å². The molecule has 1 N–H and O–H groups in total. The first-order valence-corrected chi connectivity index (χ1v) is 5.74. The molecule has 0 aliphatic carbocycles. The van der Waals surface area contributed by atoms with Crippen LogP contribution in [-0.4, -0.2) is 30.6 Å². The molecule has 0 aliphatic rings. The first kappa shape index (κ1) is 12.3. The number of nitrogens with zero attached hydrogens (tertiary/aromatic N) is 4. The van der Waals surface area contributed by atoms with E-state index in [2.05, 4.69) is 10.2 Å². The quantitative estimate of drug-likeness (QED) is 0.897. The predicted molar refractivity (Wildman–Crippen MR) is 66.1 cm³/mol. The summed E-state index contributed by atoms with van der Waals surface area (Å²) >= 11 is 0. The van der Waals surface area contributed by atoms with E-state index in [0.717, 1.165) is 5.69 Å². The van der Waals surface area contributed by atoms with Crippen molar-refractivity contribution in [3.05, 3.63) is 29.2 Å². The molecular formula is C12H16N4O2. The highest BCUT2D eigenvalue weighted by Crippen LogP contribution is 2.19. The average Bonchev–Trinajstić information content (AvgIpc) is 2.81. The molecule has 2 aromatic heterocycles. The van der Waals surface area contributed by atoms with Crippen molar-refractivity contribution in [2.24, 2.45) is 7.05 Å². The maximum absolute atomic E-state index is 11.3.